The predicted molar refractivity (Wildman–Crippen MR) is 79.1 cm³/mol. The SMILES string of the molecule is CCCC1NC2(CCCC2)C(=O)N1C1CC2CCC1C2. The maximum atomic E-state index is 13.1. The summed E-state index contributed by atoms with van der Waals surface area (Å²) in [4.78, 5) is 15.5. The highest BCUT2D eigenvalue weighted by Crippen LogP contribution is 2.49. The molecule has 4 fully saturated rings. The van der Waals surface area contributed by atoms with Crippen LogP contribution in [0.4, 0.5) is 0 Å². The molecule has 4 rings (SSSR count). The minimum Gasteiger partial charge on any atom is -0.322 e. The number of nitrogens with zero attached hydrogens (tertiary/aromatic N) is 1. The Hall–Kier alpha value is -0.570. The van der Waals surface area contributed by atoms with Crippen LogP contribution in [0.3, 0.4) is 0 Å². The first-order chi connectivity index (χ1) is 9.73. The fourth-order valence-electron chi connectivity index (χ4n) is 5.59. The van der Waals surface area contributed by atoms with Crippen LogP contribution < -0.4 is 5.32 Å². The Morgan fingerprint density at radius 2 is 2.05 bits per heavy atom. The van der Waals surface area contributed by atoms with Gasteiger partial charge in [0.05, 0.1) is 11.7 Å². The van der Waals surface area contributed by atoms with E-state index in [4.69, 9.17) is 0 Å². The lowest BCUT2D eigenvalue weighted by Crippen LogP contribution is -2.47. The molecule has 4 unspecified atom stereocenters. The molecule has 4 atom stereocenters. The molecule has 0 radical (unpaired) electrons. The van der Waals surface area contributed by atoms with Gasteiger partial charge in [-0.15, -0.1) is 0 Å². The van der Waals surface area contributed by atoms with E-state index in [1.54, 1.807) is 0 Å². The van der Waals surface area contributed by atoms with E-state index < -0.39 is 0 Å². The van der Waals surface area contributed by atoms with Crippen molar-refractivity contribution in [2.75, 3.05) is 0 Å². The zero-order valence-electron chi connectivity index (χ0n) is 12.7. The molecule has 3 aliphatic carbocycles. The van der Waals surface area contributed by atoms with E-state index in [-0.39, 0.29) is 5.54 Å². The Morgan fingerprint density at radius 1 is 1.25 bits per heavy atom. The number of nitrogens with one attached hydrogen (secondary N) is 1. The highest BCUT2D eigenvalue weighted by Gasteiger charge is 2.56. The van der Waals surface area contributed by atoms with Gasteiger partial charge in [-0.1, -0.05) is 32.6 Å². The van der Waals surface area contributed by atoms with E-state index in [0.717, 1.165) is 31.1 Å². The van der Waals surface area contributed by atoms with Crippen molar-refractivity contribution in [2.45, 2.75) is 88.9 Å². The Balaban J connectivity index is 1.60. The summed E-state index contributed by atoms with van der Waals surface area (Å²) in [5.41, 5.74) is -0.165. The van der Waals surface area contributed by atoms with Crippen LogP contribution in [-0.2, 0) is 4.79 Å². The summed E-state index contributed by atoms with van der Waals surface area (Å²) in [6.07, 6.45) is 12.7. The van der Waals surface area contributed by atoms with Gasteiger partial charge in [0, 0.05) is 6.04 Å². The standard InChI is InChI=1S/C17H28N2O/c1-2-5-15-18-17(8-3-4-9-17)16(20)19(15)14-11-12-6-7-13(14)10-12/h12-15,18H,2-11H2,1H3. The van der Waals surface area contributed by atoms with Crippen molar-refractivity contribution in [3.8, 4) is 0 Å². The molecule has 1 aliphatic heterocycles. The number of rotatable bonds is 3. The lowest BCUT2D eigenvalue weighted by atomic mass is 9.92. The smallest absolute Gasteiger partial charge is 0.244 e. The number of carbonyl (C=O) groups is 1. The third-order valence-electron chi connectivity index (χ3n) is 6.50. The van der Waals surface area contributed by atoms with Crippen LogP contribution in [0, 0.1) is 11.8 Å². The molecule has 20 heavy (non-hydrogen) atoms. The predicted octanol–water partition coefficient (Wildman–Crippen LogP) is 3.05. The summed E-state index contributed by atoms with van der Waals surface area (Å²) in [7, 11) is 0. The molecule has 112 valence electrons. The van der Waals surface area contributed by atoms with Gasteiger partial charge in [-0.05, 0) is 50.4 Å². The number of hydrogen-bond donors (Lipinski definition) is 1. The van der Waals surface area contributed by atoms with Gasteiger partial charge < -0.3 is 4.90 Å². The molecule has 1 amide bonds. The lowest BCUT2D eigenvalue weighted by Gasteiger charge is -2.35. The van der Waals surface area contributed by atoms with Crippen LogP contribution in [0.5, 0.6) is 0 Å². The average molecular weight is 276 g/mol. The molecular formula is C17H28N2O. The average Bonchev–Trinajstić information content (AvgIpc) is 3.18. The van der Waals surface area contributed by atoms with E-state index in [0.29, 0.717) is 18.1 Å². The Kier molecular flexibility index (Phi) is 3.10. The first kappa shape index (κ1) is 13.1. The zero-order chi connectivity index (χ0) is 13.7. The van der Waals surface area contributed by atoms with Gasteiger partial charge in [-0.25, -0.2) is 0 Å². The quantitative estimate of drug-likeness (QED) is 0.859. The molecule has 1 saturated heterocycles. The van der Waals surface area contributed by atoms with Crippen molar-refractivity contribution in [2.24, 2.45) is 11.8 Å². The van der Waals surface area contributed by atoms with Gasteiger partial charge in [0.2, 0.25) is 5.91 Å². The van der Waals surface area contributed by atoms with Crippen LogP contribution in [0.1, 0.15) is 71.1 Å². The number of hydrogen-bond acceptors (Lipinski definition) is 2. The molecule has 3 nitrogen and oxygen atoms in total. The van der Waals surface area contributed by atoms with Crippen LogP contribution in [0.15, 0.2) is 0 Å². The van der Waals surface area contributed by atoms with E-state index in [2.05, 4.69) is 17.1 Å². The highest BCUT2D eigenvalue weighted by atomic mass is 16.2. The van der Waals surface area contributed by atoms with Crippen molar-refractivity contribution in [3.05, 3.63) is 0 Å². The number of fused-ring (bicyclic) bond motifs is 2. The summed E-state index contributed by atoms with van der Waals surface area (Å²) in [5, 5.41) is 3.78. The summed E-state index contributed by atoms with van der Waals surface area (Å²) < 4.78 is 0. The van der Waals surface area contributed by atoms with Crippen LogP contribution in [0.25, 0.3) is 0 Å². The molecule has 1 heterocycles. The molecule has 0 aromatic heterocycles. The topological polar surface area (TPSA) is 32.3 Å². The summed E-state index contributed by atoms with van der Waals surface area (Å²) in [6.45, 7) is 2.24. The fourth-order valence-corrected chi connectivity index (χ4v) is 5.59. The largest absolute Gasteiger partial charge is 0.322 e. The third-order valence-corrected chi connectivity index (χ3v) is 6.50. The Morgan fingerprint density at radius 3 is 2.65 bits per heavy atom. The van der Waals surface area contributed by atoms with Crippen LogP contribution in [0.2, 0.25) is 0 Å². The molecule has 3 heteroatoms. The van der Waals surface area contributed by atoms with Gasteiger partial charge >= 0.3 is 0 Å². The Labute approximate surface area is 122 Å². The molecule has 2 bridgehead atoms. The van der Waals surface area contributed by atoms with E-state index >= 15 is 0 Å². The summed E-state index contributed by atoms with van der Waals surface area (Å²) >= 11 is 0. The van der Waals surface area contributed by atoms with Crippen molar-refractivity contribution < 1.29 is 4.79 Å². The highest BCUT2D eigenvalue weighted by molar-refractivity contribution is 5.89. The number of carbonyl (C=O) groups excluding carboxylic acids is 1. The van der Waals surface area contributed by atoms with Gasteiger partial charge in [0.15, 0.2) is 0 Å². The first-order valence-electron chi connectivity index (χ1n) is 8.84. The minimum absolute atomic E-state index is 0.165. The van der Waals surface area contributed by atoms with Crippen molar-refractivity contribution in [1.82, 2.24) is 10.2 Å². The van der Waals surface area contributed by atoms with E-state index in [1.807, 2.05) is 0 Å². The third kappa shape index (κ3) is 1.78. The normalized spacial score (nSPS) is 42.2. The minimum atomic E-state index is -0.165. The summed E-state index contributed by atoms with van der Waals surface area (Å²) in [6, 6.07) is 0.560. The molecule has 0 aromatic carbocycles. The maximum absolute atomic E-state index is 13.1. The Bertz CT molecular complexity index is 402. The monoisotopic (exact) mass is 276 g/mol. The van der Waals surface area contributed by atoms with Gasteiger partial charge in [-0.3, -0.25) is 10.1 Å². The molecule has 1 N–H and O–H groups in total. The first-order valence-corrected chi connectivity index (χ1v) is 8.84. The van der Waals surface area contributed by atoms with Gasteiger partial charge in [0.1, 0.15) is 0 Å². The molecule has 3 saturated carbocycles. The van der Waals surface area contributed by atoms with Crippen LogP contribution in [-0.4, -0.2) is 28.6 Å². The van der Waals surface area contributed by atoms with Crippen LogP contribution >= 0.6 is 0 Å². The summed E-state index contributed by atoms with van der Waals surface area (Å²) in [5.74, 6) is 2.19. The second-order valence-electron chi connectivity index (χ2n) is 7.69. The molecule has 1 spiro atoms. The van der Waals surface area contributed by atoms with Gasteiger partial charge in [0.25, 0.3) is 0 Å². The maximum Gasteiger partial charge on any atom is 0.244 e. The molecule has 4 aliphatic rings. The fraction of sp³-hybridized carbons (Fsp3) is 0.941. The molecule has 0 aromatic rings. The lowest BCUT2D eigenvalue weighted by molar-refractivity contribution is -0.136. The van der Waals surface area contributed by atoms with Crippen molar-refractivity contribution >= 4 is 5.91 Å². The van der Waals surface area contributed by atoms with Crippen molar-refractivity contribution in [3.63, 3.8) is 0 Å². The van der Waals surface area contributed by atoms with Crippen molar-refractivity contribution in [1.29, 1.82) is 0 Å². The molecular weight excluding hydrogens is 248 g/mol. The van der Waals surface area contributed by atoms with Gasteiger partial charge in [-0.2, -0.15) is 0 Å². The second-order valence-corrected chi connectivity index (χ2v) is 7.69. The second kappa shape index (κ2) is 4.72. The van der Waals surface area contributed by atoms with E-state index in [9.17, 15) is 4.79 Å². The zero-order valence-corrected chi connectivity index (χ0v) is 12.7. The number of amides is 1. The van der Waals surface area contributed by atoms with E-state index in [1.165, 1.54) is 44.9 Å².